The molecule has 2 fully saturated rings. The van der Waals surface area contributed by atoms with Crippen molar-refractivity contribution < 1.29 is 9.59 Å². The van der Waals surface area contributed by atoms with E-state index in [0.717, 1.165) is 61.0 Å². The molecule has 2 saturated heterocycles. The van der Waals surface area contributed by atoms with Crippen LogP contribution < -0.4 is 0 Å². The standard InChI is InChI=1S/C28H35N9O2/c1-2-33(19-16-26(35-18-8-14-28(35)39)37-24-12-6-4-10-22(24)30-32-37)25(15-20-34-17-7-13-27(34)38)36-23-11-5-3-9-21(23)29-31-36/h3-6,9-12,25-26H,2,7-8,13-20H2,1H3. The number of hydrogen-bond acceptors (Lipinski definition) is 7. The lowest BCUT2D eigenvalue weighted by Gasteiger charge is -2.35. The minimum atomic E-state index is -0.227. The van der Waals surface area contributed by atoms with Crippen LogP contribution in [0.2, 0.25) is 0 Å². The van der Waals surface area contributed by atoms with Crippen LogP contribution >= 0.6 is 0 Å². The number of carbonyl (C=O) groups is 2. The molecule has 11 nitrogen and oxygen atoms in total. The van der Waals surface area contributed by atoms with E-state index in [1.165, 1.54) is 0 Å². The molecular weight excluding hydrogens is 494 g/mol. The first-order valence-electron chi connectivity index (χ1n) is 14.0. The zero-order valence-electron chi connectivity index (χ0n) is 22.4. The molecule has 6 rings (SSSR count). The van der Waals surface area contributed by atoms with E-state index in [2.05, 4.69) is 32.4 Å². The van der Waals surface area contributed by atoms with Gasteiger partial charge in [-0.3, -0.25) is 14.5 Å². The quantitative estimate of drug-likeness (QED) is 0.294. The lowest BCUT2D eigenvalue weighted by Crippen LogP contribution is -2.40. The van der Waals surface area contributed by atoms with Crippen LogP contribution in [0.4, 0.5) is 0 Å². The summed E-state index contributed by atoms with van der Waals surface area (Å²) < 4.78 is 3.91. The molecule has 204 valence electrons. The Bertz CT molecular complexity index is 1460. The van der Waals surface area contributed by atoms with Gasteiger partial charge in [-0.2, -0.15) is 0 Å². The summed E-state index contributed by atoms with van der Waals surface area (Å²) in [6.07, 6.45) is 4.10. The Hall–Kier alpha value is -3.86. The summed E-state index contributed by atoms with van der Waals surface area (Å²) in [6.45, 7) is 5.85. The summed E-state index contributed by atoms with van der Waals surface area (Å²) in [6, 6.07) is 15.9. The molecule has 0 N–H and O–H groups in total. The number of aromatic nitrogens is 6. The number of benzene rings is 2. The summed E-state index contributed by atoms with van der Waals surface area (Å²) in [5, 5.41) is 17.9. The molecule has 4 aromatic rings. The van der Waals surface area contributed by atoms with Gasteiger partial charge in [0.15, 0.2) is 0 Å². The molecule has 11 heteroatoms. The molecule has 0 aliphatic carbocycles. The molecule has 4 heterocycles. The van der Waals surface area contributed by atoms with E-state index >= 15 is 0 Å². The van der Waals surface area contributed by atoms with Crippen molar-refractivity contribution in [3.05, 3.63) is 48.5 Å². The van der Waals surface area contributed by atoms with E-state index in [9.17, 15) is 9.59 Å². The van der Waals surface area contributed by atoms with Crippen LogP contribution in [0.25, 0.3) is 22.1 Å². The molecule has 2 atom stereocenters. The first-order chi connectivity index (χ1) is 19.1. The number of fused-ring (bicyclic) bond motifs is 2. The van der Waals surface area contributed by atoms with Gasteiger partial charge in [-0.1, -0.05) is 41.6 Å². The Morgan fingerprint density at radius 3 is 2.10 bits per heavy atom. The van der Waals surface area contributed by atoms with Crippen LogP contribution in [-0.2, 0) is 9.59 Å². The minimum Gasteiger partial charge on any atom is -0.343 e. The molecule has 2 amide bonds. The Balaban J connectivity index is 1.29. The fraction of sp³-hybridized carbons (Fsp3) is 0.500. The molecule has 39 heavy (non-hydrogen) atoms. The number of rotatable bonds is 11. The van der Waals surface area contributed by atoms with Gasteiger partial charge in [-0.25, -0.2) is 9.36 Å². The van der Waals surface area contributed by atoms with E-state index in [-0.39, 0.29) is 24.1 Å². The number of likely N-dealkylation sites (tertiary alicyclic amines) is 2. The minimum absolute atomic E-state index is 0.0850. The van der Waals surface area contributed by atoms with Crippen LogP contribution in [0, 0.1) is 0 Å². The monoisotopic (exact) mass is 529 g/mol. The Kier molecular flexibility index (Phi) is 7.23. The van der Waals surface area contributed by atoms with Crippen molar-refractivity contribution in [2.24, 2.45) is 0 Å². The van der Waals surface area contributed by atoms with Gasteiger partial charge in [-0.05, 0) is 43.7 Å². The first kappa shape index (κ1) is 25.4. The van der Waals surface area contributed by atoms with Gasteiger partial charge >= 0.3 is 0 Å². The Morgan fingerprint density at radius 1 is 0.821 bits per heavy atom. The fourth-order valence-electron chi connectivity index (χ4n) is 6.08. The third kappa shape index (κ3) is 4.98. The van der Waals surface area contributed by atoms with Crippen LogP contribution in [0.1, 0.15) is 57.8 Å². The van der Waals surface area contributed by atoms with Crippen molar-refractivity contribution in [2.45, 2.75) is 57.8 Å². The summed E-state index contributed by atoms with van der Waals surface area (Å²) in [7, 11) is 0. The third-order valence-corrected chi connectivity index (χ3v) is 8.12. The topological polar surface area (TPSA) is 105 Å². The van der Waals surface area contributed by atoms with Crippen molar-refractivity contribution in [1.82, 2.24) is 44.7 Å². The maximum atomic E-state index is 12.9. The number of hydrogen-bond donors (Lipinski definition) is 0. The average Bonchev–Trinajstić information content (AvgIpc) is 3.76. The van der Waals surface area contributed by atoms with Gasteiger partial charge in [-0.15, -0.1) is 10.2 Å². The molecule has 2 aromatic carbocycles. The molecule has 0 bridgehead atoms. The van der Waals surface area contributed by atoms with Gasteiger partial charge in [0, 0.05) is 51.9 Å². The second-order valence-electron chi connectivity index (χ2n) is 10.4. The van der Waals surface area contributed by atoms with E-state index < -0.39 is 0 Å². The Morgan fingerprint density at radius 2 is 1.46 bits per heavy atom. The molecule has 2 unspecified atom stereocenters. The Labute approximate surface area is 227 Å². The van der Waals surface area contributed by atoms with Crippen LogP contribution in [0.3, 0.4) is 0 Å². The van der Waals surface area contributed by atoms with Crippen molar-refractivity contribution in [3.63, 3.8) is 0 Å². The van der Waals surface area contributed by atoms with E-state index in [4.69, 9.17) is 0 Å². The fourth-order valence-corrected chi connectivity index (χ4v) is 6.08. The second kappa shape index (κ2) is 11.1. The van der Waals surface area contributed by atoms with Gasteiger partial charge in [0.25, 0.3) is 0 Å². The predicted octanol–water partition coefficient (Wildman–Crippen LogP) is 3.22. The number of para-hydroxylation sites is 2. The summed E-state index contributed by atoms with van der Waals surface area (Å²) in [4.78, 5) is 31.6. The lowest BCUT2D eigenvalue weighted by atomic mass is 10.2. The van der Waals surface area contributed by atoms with E-state index in [0.29, 0.717) is 32.4 Å². The van der Waals surface area contributed by atoms with E-state index in [1.807, 2.05) is 67.7 Å². The van der Waals surface area contributed by atoms with Crippen molar-refractivity contribution >= 4 is 33.9 Å². The highest BCUT2D eigenvalue weighted by Crippen LogP contribution is 2.29. The number of nitrogens with zero attached hydrogens (tertiary/aromatic N) is 9. The average molecular weight is 530 g/mol. The number of amides is 2. The highest BCUT2D eigenvalue weighted by atomic mass is 16.2. The number of carbonyl (C=O) groups excluding carboxylic acids is 2. The molecule has 2 aromatic heterocycles. The van der Waals surface area contributed by atoms with Gasteiger partial charge < -0.3 is 9.80 Å². The SMILES string of the molecule is CCN(CCC(N1CCCC1=O)n1nnc2ccccc21)C(CCN1CCCC1=O)n1nnc2ccccc21. The molecule has 0 radical (unpaired) electrons. The maximum absolute atomic E-state index is 12.9. The van der Waals surface area contributed by atoms with Crippen molar-refractivity contribution in [2.75, 3.05) is 32.7 Å². The summed E-state index contributed by atoms with van der Waals surface area (Å²) in [5.74, 6) is 0.389. The summed E-state index contributed by atoms with van der Waals surface area (Å²) >= 11 is 0. The highest BCUT2D eigenvalue weighted by molar-refractivity contribution is 5.79. The van der Waals surface area contributed by atoms with E-state index in [1.54, 1.807) is 0 Å². The zero-order valence-corrected chi connectivity index (χ0v) is 22.4. The van der Waals surface area contributed by atoms with Gasteiger partial charge in [0.2, 0.25) is 11.8 Å². The molecule has 0 saturated carbocycles. The molecule has 2 aliphatic rings. The highest BCUT2D eigenvalue weighted by Gasteiger charge is 2.33. The van der Waals surface area contributed by atoms with Gasteiger partial charge in [0.05, 0.1) is 11.0 Å². The lowest BCUT2D eigenvalue weighted by molar-refractivity contribution is -0.132. The second-order valence-corrected chi connectivity index (χ2v) is 10.4. The smallest absolute Gasteiger partial charge is 0.224 e. The van der Waals surface area contributed by atoms with Crippen LogP contribution in [-0.4, -0.2) is 89.2 Å². The van der Waals surface area contributed by atoms with Crippen molar-refractivity contribution in [3.8, 4) is 0 Å². The summed E-state index contributed by atoms with van der Waals surface area (Å²) in [5.41, 5.74) is 3.58. The normalized spacial score (nSPS) is 17.8. The van der Waals surface area contributed by atoms with Crippen LogP contribution in [0.5, 0.6) is 0 Å². The largest absolute Gasteiger partial charge is 0.343 e. The molecular formula is C28H35N9O2. The molecule has 2 aliphatic heterocycles. The maximum Gasteiger partial charge on any atom is 0.224 e. The zero-order chi connectivity index (χ0) is 26.8. The predicted molar refractivity (Wildman–Crippen MR) is 146 cm³/mol. The van der Waals surface area contributed by atoms with Gasteiger partial charge in [0.1, 0.15) is 23.4 Å². The van der Waals surface area contributed by atoms with Crippen LogP contribution in [0.15, 0.2) is 48.5 Å². The molecule has 0 spiro atoms. The third-order valence-electron chi connectivity index (χ3n) is 8.12. The first-order valence-corrected chi connectivity index (χ1v) is 14.0. The van der Waals surface area contributed by atoms with Crippen molar-refractivity contribution in [1.29, 1.82) is 0 Å².